The van der Waals surface area contributed by atoms with Crippen molar-refractivity contribution < 1.29 is 0 Å². The van der Waals surface area contributed by atoms with Gasteiger partial charge in [0.15, 0.2) is 0 Å². The summed E-state index contributed by atoms with van der Waals surface area (Å²) in [6.07, 6.45) is 4.22. The molecular weight excluding hydrogens is 294 g/mol. The zero-order valence-electron chi connectivity index (χ0n) is 10.9. The predicted molar refractivity (Wildman–Crippen MR) is 78.0 cm³/mol. The molecule has 0 spiro atoms. The van der Waals surface area contributed by atoms with Crippen LogP contribution in [0, 0.1) is 0 Å². The second kappa shape index (κ2) is 6.33. The maximum atomic E-state index is 4.26. The molecule has 0 saturated carbocycles. The van der Waals surface area contributed by atoms with E-state index < -0.39 is 0 Å². The standard InChI is InChI=1S/C12H20BrN5/c1-9(18-5-3-4-6-18)7-15-12-10(13)11(14-2)16-8-17-12/h8-9H,3-7H2,1-2H3,(H2,14,15,16,17). The molecule has 0 aromatic carbocycles. The first kappa shape index (κ1) is 13.5. The van der Waals surface area contributed by atoms with E-state index in [1.54, 1.807) is 6.33 Å². The molecule has 1 aromatic rings. The van der Waals surface area contributed by atoms with Crippen LogP contribution in [0.3, 0.4) is 0 Å². The van der Waals surface area contributed by atoms with E-state index in [0.717, 1.165) is 22.7 Å². The molecule has 2 N–H and O–H groups in total. The van der Waals surface area contributed by atoms with E-state index in [1.807, 2.05) is 7.05 Å². The van der Waals surface area contributed by atoms with E-state index in [1.165, 1.54) is 25.9 Å². The molecule has 1 unspecified atom stereocenters. The number of hydrogen-bond donors (Lipinski definition) is 2. The summed E-state index contributed by atoms with van der Waals surface area (Å²) >= 11 is 3.51. The van der Waals surface area contributed by atoms with Crippen molar-refractivity contribution in [3.63, 3.8) is 0 Å². The lowest BCUT2D eigenvalue weighted by molar-refractivity contribution is 0.269. The zero-order chi connectivity index (χ0) is 13.0. The minimum Gasteiger partial charge on any atom is -0.372 e. The SMILES string of the molecule is CNc1ncnc(NCC(C)N2CCCC2)c1Br. The van der Waals surface area contributed by atoms with Gasteiger partial charge in [0, 0.05) is 19.6 Å². The first-order valence-corrected chi connectivity index (χ1v) is 7.18. The molecular formula is C12H20BrN5. The highest BCUT2D eigenvalue weighted by molar-refractivity contribution is 9.10. The van der Waals surface area contributed by atoms with Gasteiger partial charge in [-0.05, 0) is 48.8 Å². The second-order valence-electron chi connectivity index (χ2n) is 4.61. The Labute approximate surface area is 117 Å². The normalized spacial score (nSPS) is 17.7. The molecule has 2 rings (SSSR count). The summed E-state index contributed by atoms with van der Waals surface area (Å²) in [5.74, 6) is 1.65. The molecule has 100 valence electrons. The van der Waals surface area contributed by atoms with Crippen molar-refractivity contribution in [3.05, 3.63) is 10.8 Å². The molecule has 1 atom stereocenters. The Hall–Kier alpha value is -0.880. The maximum absolute atomic E-state index is 4.26. The van der Waals surface area contributed by atoms with E-state index >= 15 is 0 Å². The second-order valence-corrected chi connectivity index (χ2v) is 5.40. The van der Waals surface area contributed by atoms with E-state index in [4.69, 9.17) is 0 Å². The Balaban J connectivity index is 1.93. The van der Waals surface area contributed by atoms with Crippen LogP contribution in [0.15, 0.2) is 10.8 Å². The third kappa shape index (κ3) is 3.11. The lowest BCUT2D eigenvalue weighted by atomic mass is 10.3. The average molecular weight is 314 g/mol. The van der Waals surface area contributed by atoms with Crippen LogP contribution < -0.4 is 10.6 Å². The minimum absolute atomic E-state index is 0.535. The number of halogens is 1. The fourth-order valence-corrected chi connectivity index (χ4v) is 2.77. The van der Waals surface area contributed by atoms with Crippen molar-refractivity contribution in [2.45, 2.75) is 25.8 Å². The van der Waals surface area contributed by atoms with Crippen molar-refractivity contribution in [2.24, 2.45) is 0 Å². The third-order valence-electron chi connectivity index (χ3n) is 3.36. The number of rotatable bonds is 5. The molecule has 0 bridgehead atoms. The highest BCUT2D eigenvalue weighted by Crippen LogP contribution is 2.26. The van der Waals surface area contributed by atoms with Crippen LogP contribution in [0.5, 0.6) is 0 Å². The number of nitrogens with one attached hydrogen (secondary N) is 2. The number of nitrogens with zero attached hydrogens (tertiary/aromatic N) is 3. The number of likely N-dealkylation sites (tertiary alicyclic amines) is 1. The molecule has 1 aromatic heterocycles. The topological polar surface area (TPSA) is 53.1 Å². The van der Waals surface area contributed by atoms with Crippen LogP contribution >= 0.6 is 15.9 Å². The summed E-state index contributed by atoms with van der Waals surface area (Å²) in [7, 11) is 1.85. The fourth-order valence-electron chi connectivity index (χ4n) is 2.22. The molecule has 1 fully saturated rings. The van der Waals surface area contributed by atoms with Crippen LogP contribution in [0.25, 0.3) is 0 Å². The van der Waals surface area contributed by atoms with Crippen LogP contribution in [-0.2, 0) is 0 Å². The quantitative estimate of drug-likeness (QED) is 0.872. The Morgan fingerprint density at radius 1 is 1.33 bits per heavy atom. The summed E-state index contributed by atoms with van der Waals surface area (Å²) in [5, 5.41) is 6.41. The van der Waals surface area contributed by atoms with Gasteiger partial charge in [-0.1, -0.05) is 0 Å². The van der Waals surface area contributed by atoms with Crippen molar-refractivity contribution in [1.82, 2.24) is 14.9 Å². The minimum atomic E-state index is 0.535. The van der Waals surface area contributed by atoms with Gasteiger partial charge in [-0.25, -0.2) is 9.97 Å². The van der Waals surface area contributed by atoms with E-state index in [2.05, 4.69) is 48.4 Å². The summed E-state index contributed by atoms with van der Waals surface area (Å²) in [6.45, 7) is 5.59. The van der Waals surface area contributed by atoms with Crippen LogP contribution in [0.1, 0.15) is 19.8 Å². The van der Waals surface area contributed by atoms with Gasteiger partial charge in [-0.3, -0.25) is 4.90 Å². The first-order chi connectivity index (χ1) is 8.72. The fraction of sp³-hybridized carbons (Fsp3) is 0.667. The van der Waals surface area contributed by atoms with Gasteiger partial charge in [0.25, 0.3) is 0 Å². The zero-order valence-corrected chi connectivity index (χ0v) is 12.5. The van der Waals surface area contributed by atoms with Gasteiger partial charge >= 0.3 is 0 Å². The van der Waals surface area contributed by atoms with Gasteiger partial charge in [0.05, 0.1) is 0 Å². The van der Waals surface area contributed by atoms with E-state index in [9.17, 15) is 0 Å². The summed E-state index contributed by atoms with van der Waals surface area (Å²) in [5.41, 5.74) is 0. The molecule has 0 radical (unpaired) electrons. The predicted octanol–water partition coefficient (Wildman–Crippen LogP) is 2.18. The molecule has 5 nitrogen and oxygen atoms in total. The van der Waals surface area contributed by atoms with Gasteiger partial charge in [0.1, 0.15) is 22.4 Å². The summed E-state index contributed by atoms with van der Waals surface area (Å²) in [6, 6.07) is 0.535. The largest absolute Gasteiger partial charge is 0.372 e. The molecule has 18 heavy (non-hydrogen) atoms. The van der Waals surface area contributed by atoms with Crippen molar-refractivity contribution in [3.8, 4) is 0 Å². The van der Waals surface area contributed by atoms with Gasteiger partial charge < -0.3 is 10.6 Å². The summed E-state index contributed by atoms with van der Waals surface area (Å²) < 4.78 is 0.890. The number of hydrogen-bond acceptors (Lipinski definition) is 5. The molecule has 1 saturated heterocycles. The van der Waals surface area contributed by atoms with Crippen LogP contribution in [0.2, 0.25) is 0 Å². The van der Waals surface area contributed by atoms with E-state index in [-0.39, 0.29) is 0 Å². The smallest absolute Gasteiger partial charge is 0.146 e. The molecule has 0 aliphatic carbocycles. The maximum Gasteiger partial charge on any atom is 0.146 e. The molecule has 1 aliphatic rings. The van der Waals surface area contributed by atoms with Crippen molar-refractivity contribution >= 4 is 27.6 Å². The molecule has 1 aliphatic heterocycles. The van der Waals surface area contributed by atoms with Crippen LogP contribution in [-0.4, -0.2) is 47.6 Å². The molecule has 6 heteroatoms. The number of aromatic nitrogens is 2. The molecule has 2 heterocycles. The van der Waals surface area contributed by atoms with Gasteiger partial charge in [-0.2, -0.15) is 0 Å². The average Bonchev–Trinajstić information content (AvgIpc) is 2.91. The van der Waals surface area contributed by atoms with Crippen molar-refractivity contribution in [2.75, 3.05) is 37.3 Å². The lowest BCUT2D eigenvalue weighted by Crippen LogP contribution is -2.35. The Kier molecular flexibility index (Phi) is 4.77. The first-order valence-electron chi connectivity index (χ1n) is 6.38. The van der Waals surface area contributed by atoms with E-state index in [0.29, 0.717) is 6.04 Å². The number of anilines is 2. The Morgan fingerprint density at radius 3 is 2.67 bits per heavy atom. The Bertz CT molecular complexity index is 392. The Morgan fingerprint density at radius 2 is 2.00 bits per heavy atom. The third-order valence-corrected chi connectivity index (χ3v) is 4.11. The highest BCUT2D eigenvalue weighted by Gasteiger charge is 2.18. The van der Waals surface area contributed by atoms with Gasteiger partial charge in [0.2, 0.25) is 0 Å². The van der Waals surface area contributed by atoms with Crippen LogP contribution in [0.4, 0.5) is 11.6 Å². The monoisotopic (exact) mass is 313 g/mol. The lowest BCUT2D eigenvalue weighted by Gasteiger charge is -2.24. The van der Waals surface area contributed by atoms with Crippen molar-refractivity contribution in [1.29, 1.82) is 0 Å². The van der Waals surface area contributed by atoms with Gasteiger partial charge in [-0.15, -0.1) is 0 Å². The molecule has 0 amide bonds. The summed E-state index contributed by atoms with van der Waals surface area (Å²) in [4.78, 5) is 10.9. The highest BCUT2D eigenvalue weighted by atomic mass is 79.9.